The first-order valence-corrected chi connectivity index (χ1v) is 7.53. The van der Waals surface area contributed by atoms with Crippen molar-refractivity contribution in [1.29, 1.82) is 0 Å². The highest BCUT2D eigenvalue weighted by Gasteiger charge is 2.53. The van der Waals surface area contributed by atoms with Crippen LogP contribution in [0, 0.1) is 11.3 Å². The van der Waals surface area contributed by atoms with Crippen LogP contribution in [0.1, 0.15) is 33.6 Å². The molecule has 0 aromatic carbocycles. The number of carbonyl (C=O) groups is 1. The normalized spacial score (nSPS) is 24.3. The van der Waals surface area contributed by atoms with E-state index in [0.29, 0.717) is 5.82 Å². The first-order valence-electron chi connectivity index (χ1n) is 7.53. The molecule has 2 heterocycles. The van der Waals surface area contributed by atoms with Gasteiger partial charge in [-0.1, -0.05) is 0 Å². The molecule has 0 spiro atoms. The van der Waals surface area contributed by atoms with Crippen LogP contribution in [-0.4, -0.2) is 29.0 Å². The van der Waals surface area contributed by atoms with Crippen LogP contribution in [0.3, 0.4) is 0 Å². The lowest BCUT2D eigenvalue weighted by molar-refractivity contribution is -0.211. The van der Waals surface area contributed by atoms with Crippen molar-refractivity contribution in [2.75, 3.05) is 0 Å². The number of rotatable bonds is 3. The number of hydrogen-bond acceptors (Lipinski definition) is 4. The minimum absolute atomic E-state index is 0.222. The zero-order valence-electron chi connectivity index (χ0n) is 13.2. The van der Waals surface area contributed by atoms with Crippen LogP contribution in [-0.2, 0) is 4.79 Å². The number of nitrogens with one attached hydrogen (secondary N) is 2. The van der Waals surface area contributed by atoms with E-state index in [1.165, 1.54) is 0 Å². The third kappa shape index (κ3) is 2.70. The van der Waals surface area contributed by atoms with Gasteiger partial charge in [0.25, 0.3) is 0 Å². The number of halogens is 3. The first-order chi connectivity index (χ1) is 10.6. The lowest BCUT2D eigenvalue weighted by atomic mass is 9.91. The average Bonchev–Trinajstić information content (AvgIpc) is 3.20. The van der Waals surface area contributed by atoms with Crippen molar-refractivity contribution in [1.82, 2.24) is 15.6 Å². The number of alkyl halides is 3. The Morgan fingerprint density at radius 1 is 1.39 bits per heavy atom. The van der Waals surface area contributed by atoms with E-state index in [4.69, 9.17) is 0 Å². The Kier molecular flexibility index (Phi) is 3.46. The van der Waals surface area contributed by atoms with E-state index >= 15 is 0 Å². The molecule has 0 aromatic rings. The van der Waals surface area contributed by atoms with Crippen molar-refractivity contribution in [3.63, 3.8) is 0 Å². The molecule has 2 N–H and O–H groups in total. The molecule has 3 aliphatic rings. The summed E-state index contributed by atoms with van der Waals surface area (Å²) in [6, 6.07) is 0. The molecule has 1 unspecified atom stereocenters. The Morgan fingerprint density at radius 3 is 2.61 bits per heavy atom. The maximum absolute atomic E-state index is 13.0. The molecule has 23 heavy (non-hydrogen) atoms. The number of nitrogens with zero attached hydrogens (tertiary/aromatic N) is 2. The number of fused-ring (bicyclic) bond motifs is 1. The highest BCUT2D eigenvalue weighted by molar-refractivity contribution is 5.93. The maximum Gasteiger partial charge on any atom is 0.402 e. The summed E-state index contributed by atoms with van der Waals surface area (Å²) in [5.74, 6) is -0.516. The standard InChI is InChI=1S/C15H19F3N4O/c1-8-4-7-10-19-12(11(9-5-6-9)22(10)21-8)20-13(23)14(2,3)15(16,17)18/h4,7,9-10,19H,5-6H2,1-3H3,(H,20,23). The lowest BCUT2D eigenvalue weighted by Gasteiger charge is -2.26. The Hall–Kier alpha value is -1.99. The lowest BCUT2D eigenvalue weighted by Crippen LogP contribution is -2.48. The monoisotopic (exact) mass is 328 g/mol. The van der Waals surface area contributed by atoms with Crippen molar-refractivity contribution in [3.8, 4) is 0 Å². The molecule has 1 amide bonds. The summed E-state index contributed by atoms with van der Waals surface area (Å²) >= 11 is 0. The Labute approximate surface area is 132 Å². The summed E-state index contributed by atoms with van der Waals surface area (Å²) in [4.78, 5) is 12.1. The van der Waals surface area contributed by atoms with Gasteiger partial charge in [0.1, 0.15) is 17.4 Å². The number of hydrogen-bond donors (Lipinski definition) is 2. The molecule has 8 heteroatoms. The summed E-state index contributed by atoms with van der Waals surface area (Å²) in [5.41, 5.74) is -0.886. The van der Waals surface area contributed by atoms with Gasteiger partial charge in [0, 0.05) is 5.92 Å². The van der Waals surface area contributed by atoms with E-state index in [0.717, 1.165) is 38.1 Å². The Bertz CT molecular complexity index is 629. The number of hydrazone groups is 1. The van der Waals surface area contributed by atoms with Crippen LogP contribution in [0.4, 0.5) is 13.2 Å². The largest absolute Gasteiger partial charge is 0.402 e. The van der Waals surface area contributed by atoms with Crippen molar-refractivity contribution < 1.29 is 18.0 Å². The minimum Gasteiger partial charge on any atom is -0.345 e. The summed E-state index contributed by atoms with van der Waals surface area (Å²) < 4.78 is 39.1. The fourth-order valence-electron chi connectivity index (χ4n) is 2.47. The van der Waals surface area contributed by atoms with Crippen molar-refractivity contribution in [3.05, 3.63) is 23.7 Å². The quantitative estimate of drug-likeness (QED) is 0.837. The van der Waals surface area contributed by atoms with Crippen LogP contribution in [0.2, 0.25) is 0 Å². The van der Waals surface area contributed by atoms with Gasteiger partial charge >= 0.3 is 6.18 Å². The van der Waals surface area contributed by atoms with Crippen LogP contribution in [0.15, 0.2) is 28.8 Å². The van der Waals surface area contributed by atoms with Gasteiger partial charge in [-0.05, 0) is 45.8 Å². The van der Waals surface area contributed by atoms with Gasteiger partial charge in [0.2, 0.25) is 5.91 Å². The van der Waals surface area contributed by atoms with E-state index in [1.807, 2.05) is 19.1 Å². The second kappa shape index (κ2) is 5.01. The van der Waals surface area contributed by atoms with Gasteiger partial charge in [-0.25, -0.2) is 5.01 Å². The molecule has 3 rings (SSSR count). The number of allylic oxidation sites excluding steroid dienone is 2. The predicted molar refractivity (Wildman–Crippen MR) is 78.7 cm³/mol. The molecule has 1 aliphatic carbocycles. The molecular weight excluding hydrogens is 309 g/mol. The summed E-state index contributed by atoms with van der Waals surface area (Å²) in [5, 5.41) is 11.7. The van der Waals surface area contributed by atoms with Crippen LogP contribution < -0.4 is 10.6 Å². The molecule has 2 aliphatic heterocycles. The fourth-order valence-corrected chi connectivity index (χ4v) is 2.47. The topological polar surface area (TPSA) is 56.7 Å². The highest BCUT2D eigenvalue weighted by atomic mass is 19.4. The van der Waals surface area contributed by atoms with Gasteiger partial charge in [-0.15, -0.1) is 0 Å². The summed E-state index contributed by atoms with van der Waals surface area (Å²) in [6.45, 7) is 3.61. The molecule has 0 radical (unpaired) electrons. The number of amides is 1. The Balaban J connectivity index is 1.86. The molecule has 126 valence electrons. The molecule has 0 saturated heterocycles. The molecule has 1 fully saturated rings. The average molecular weight is 328 g/mol. The van der Waals surface area contributed by atoms with Gasteiger partial charge in [-0.2, -0.15) is 18.3 Å². The van der Waals surface area contributed by atoms with E-state index < -0.39 is 17.5 Å². The van der Waals surface area contributed by atoms with E-state index in [9.17, 15) is 18.0 Å². The first kappa shape index (κ1) is 15.9. The molecule has 0 bridgehead atoms. The van der Waals surface area contributed by atoms with E-state index in [2.05, 4.69) is 15.7 Å². The third-order valence-corrected chi connectivity index (χ3v) is 4.32. The molecule has 1 atom stereocenters. The van der Waals surface area contributed by atoms with Crippen LogP contribution in [0.25, 0.3) is 0 Å². The van der Waals surface area contributed by atoms with Crippen molar-refractivity contribution in [2.24, 2.45) is 16.4 Å². The molecular formula is C15H19F3N4O. The zero-order valence-corrected chi connectivity index (χ0v) is 13.2. The van der Waals surface area contributed by atoms with E-state index in [-0.39, 0.29) is 12.1 Å². The highest BCUT2D eigenvalue weighted by Crippen LogP contribution is 2.43. The van der Waals surface area contributed by atoms with Crippen molar-refractivity contribution in [2.45, 2.75) is 46.0 Å². The van der Waals surface area contributed by atoms with Crippen LogP contribution >= 0.6 is 0 Å². The second-order valence-corrected chi connectivity index (χ2v) is 6.65. The van der Waals surface area contributed by atoms with E-state index in [1.54, 1.807) is 5.01 Å². The zero-order chi connectivity index (χ0) is 17.0. The fraction of sp³-hybridized carbons (Fsp3) is 0.600. The molecule has 0 aromatic heterocycles. The summed E-state index contributed by atoms with van der Waals surface area (Å²) in [6.07, 6.45) is 0.722. The van der Waals surface area contributed by atoms with Gasteiger partial charge in [-0.3, -0.25) is 4.79 Å². The summed E-state index contributed by atoms with van der Waals surface area (Å²) in [7, 11) is 0. The van der Waals surface area contributed by atoms with Crippen molar-refractivity contribution >= 4 is 11.6 Å². The smallest absolute Gasteiger partial charge is 0.345 e. The Morgan fingerprint density at radius 2 is 2.04 bits per heavy atom. The van der Waals surface area contributed by atoms with Gasteiger partial charge < -0.3 is 10.6 Å². The van der Waals surface area contributed by atoms with Gasteiger partial charge in [0.05, 0.1) is 11.4 Å². The SMILES string of the molecule is CC1=NN2C(C3CC3)=C(NC(=O)C(C)(C)C(F)(F)F)NC2C=C1. The minimum atomic E-state index is -4.61. The molecule has 5 nitrogen and oxygen atoms in total. The van der Waals surface area contributed by atoms with Gasteiger partial charge in [0.15, 0.2) is 0 Å². The maximum atomic E-state index is 13.0. The molecule has 1 saturated carbocycles. The third-order valence-electron chi connectivity index (χ3n) is 4.32. The van der Waals surface area contributed by atoms with Crippen LogP contribution in [0.5, 0.6) is 0 Å². The second-order valence-electron chi connectivity index (χ2n) is 6.65. The number of carbonyl (C=O) groups excluding carboxylic acids is 1. The predicted octanol–water partition coefficient (Wildman–Crippen LogP) is 2.45.